The fourth-order valence-corrected chi connectivity index (χ4v) is 3.27. The van der Waals surface area contributed by atoms with Crippen LogP contribution in [-0.4, -0.2) is 90.4 Å². The number of nitrogens with zero attached hydrogens (tertiary/aromatic N) is 3. The maximum Gasteiger partial charge on any atom is 0.414 e. The monoisotopic (exact) mass is 461 g/mol. The number of aromatic nitrogens is 1. The number of pyridine rings is 1. The van der Waals surface area contributed by atoms with Gasteiger partial charge in [0.15, 0.2) is 11.5 Å². The van der Waals surface area contributed by atoms with Crippen LogP contribution in [0.25, 0.3) is 0 Å². The smallest absolute Gasteiger partial charge is 0.414 e. The molecule has 1 aromatic heterocycles. The van der Waals surface area contributed by atoms with Gasteiger partial charge >= 0.3 is 11.9 Å². The standard InChI is InChI=1S/C20H25N3O4.C2H2O4/c1-25-17-12-15(13-18(26-2)19(17)27-3)14-22-8-10-23(11-9-22)20(24)16-4-6-21-7-5-16;3-1(4)2(5)6/h4-7,12-13H,8-11,14H2,1-3H3;(H,3,4)(H,5,6). The molecule has 0 spiro atoms. The van der Waals surface area contributed by atoms with E-state index in [-0.39, 0.29) is 5.91 Å². The molecule has 11 heteroatoms. The number of hydrogen-bond acceptors (Lipinski definition) is 8. The molecule has 0 bridgehead atoms. The zero-order chi connectivity index (χ0) is 24.4. The zero-order valence-corrected chi connectivity index (χ0v) is 18.7. The largest absolute Gasteiger partial charge is 0.493 e. The molecule has 0 unspecified atom stereocenters. The van der Waals surface area contributed by atoms with Crippen molar-refractivity contribution in [2.24, 2.45) is 0 Å². The van der Waals surface area contributed by atoms with Crippen molar-refractivity contribution >= 4 is 17.8 Å². The van der Waals surface area contributed by atoms with Gasteiger partial charge in [-0.15, -0.1) is 0 Å². The minimum absolute atomic E-state index is 0.0600. The molecule has 0 radical (unpaired) electrons. The van der Waals surface area contributed by atoms with Crippen molar-refractivity contribution in [3.05, 3.63) is 47.8 Å². The van der Waals surface area contributed by atoms with Crippen LogP contribution in [0.1, 0.15) is 15.9 Å². The highest BCUT2D eigenvalue weighted by Crippen LogP contribution is 2.38. The number of amides is 1. The van der Waals surface area contributed by atoms with E-state index in [1.165, 1.54) is 0 Å². The quantitative estimate of drug-likeness (QED) is 0.604. The highest BCUT2D eigenvalue weighted by molar-refractivity contribution is 6.27. The molecule has 11 nitrogen and oxygen atoms in total. The van der Waals surface area contributed by atoms with Gasteiger partial charge in [-0.3, -0.25) is 14.7 Å². The molecular formula is C22H27N3O8. The maximum absolute atomic E-state index is 12.5. The molecule has 1 amide bonds. The van der Waals surface area contributed by atoms with Gasteiger partial charge in [0.1, 0.15) is 0 Å². The normalized spacial score (nSPS) is 13.4. The molecular weight excluding hydrogens is 434 g/mol. The first-order chi connectivity index (χ1) is 15.8. The lowest BCUT2D eigenvalue weighted by Gasteiger charge is -2.35. The Morgan fingerprint density at radius 1 is 0.879 bits per heavy atom. The molecule has 2 N–H and O–H groups in total. The lowest BCUT2D eigenvalue weighted by molar-refractivity contribution is -0.159. The van der Waals surface area contributed by atoms with Gasteiger partial charge in [0.25, 0.3) is 5.91 Å². The highest BCUT2D eigenvalue weighted by atomic mass is 16.5. The third-order valence-electron chi connectivity index (χ3n) is 4.90. The molecule has 33 heavy (non-hydrogen) atoms. The van der Waals surface area contributed by atoms with Crippen LogP contribution in [0.5, 0.6) is 17.2 Å². The SMILES string of the molecule is COc1cc(CN2CCN(C(=O)c3ccncc3)CC2)cc(OC)c1OC.O=C(O)C(=O)O. The van der Waals surface area contributed by atoms with Crippen molar-refractivity contribution in [1.29, 1.82) is 0 Å². The maximum atomic E-state index is 12.5. The lowest BCUT2D eigenvalue weighted by atomic mass is 10.1. The minimum atomic E-state index is -1.82. The average Bonchev–Trinajstić information content (AvgIpc) is 2.84. The van der Waals surface area contributed by atoms with Gasteiger partial charge < -0.3 is 29.3 Å². The van der Waals surface area contributed by atoms with Gasteiger partial charge in [-0.1, -0.05) is 0 Å². The molecule has 178 valence electrons. The second kappa shape index (κ2) is 12.2. The van der Waals surface area contributed by atoms with E-state index >= 15 is 0 Å². The number of piperazine rings is 1. The first kappa shape index (κ1) is 25.4. The number of methoxy groups -OCH3 is 3. The summed E-state index contributed by atoms with van der Waals surface area (Å²) in [5.41, 5.74) is 1.77. The molecule has 1 fully saturated rings. The molecule has 1 aliphatic rings. The predicted molar refractivity (Wildman–Crippen MR) is 117 cm³/mol. The molecule has 1 aliphatic heterocycles. The highest BCUT2D eigenvalue weighted by Gasteiger charge is 2.23. The van der Waals surface area contributed by atoms with E-state index in [1.807, 2.05) is 17.0 Å². The van der Waals surface area contributed by atoms with E-state index in [9.17, 15) is 4.79 Å². The van der Waals surface area contributed by atoms with Crippen molar-refractivity contribution in [3.8, 4) is 17.2 Å². The summed E-state index contributed by atoms with van der Waals surface area (Å²) in [6.45, 7) is 3.78. The number of carboxylic acids is 2. The Morgan fingerprint density at radius 3 is 1.82 bits per heavy atom. The molecule has 0 atom stereocenters. The fraction of sp³-hybridized carbons (Fsp3) is 0.364. The Hall–Kier alpha value is -3.86. The van der Waals surface area contributed by atoms with Crippen LogP contribution in [-0.2, 0) is 16.1 Å². The third-order valence-corrected chi connectivity index (χ3v) is 4.90. The molecule has 3 rings (SSSR count). The van der Waals surface area contributed by atoms with Crippen LogP contribution >= 0.6 is 0 Å². The van der Waals surface area contributed by atoms with Gasteiger partial charge in [-0.2, -0.15) is 0 Å². The summed E-state index contributed by atoms with van der Waals surface area (Å²) in [5.74, 6) is -1.69. The Morgan fingerprint density at radius 2 is 1.39 bits per heavy atom. The molecule has 0 aliphatic carbocycles. The number of carboxylic acid groups (broad SMARTS) is 2. The number of carbonyl (C=O) groups excluding carboxylic acids is 1. The van der Waals surface area contributed by atoms with Crippen LogP contribution in [0.2, 0.25) is 0 Å². The van der Waals surface area contributed by atoms with Crippen LogP contribution in [0, 0.1) is 0 Å². The summed E-state index contributed by atoms with van der Waals surface area (Å²) < 4.78 is 16.2. The minimum Gasteiger partial charge on any atom is -0.493 e. The van der Waals surface area contributed by atoms with Crippen molar-refractivity contribution in [2.45, 2.75) is 6.54 Å². The second-order valence-corrected chi connectivity index (χ2v) is 6.95. The van der Waals surface area contributed by atoms with Crippen LogP contribution in [0.4, 0.5) is 0 Å². The Bertz CT molecular complexity index is 922. The molecule has 0 saturated carbocycles. The van der Waals surface area contributed by atoms with E-state index in [4.69, 9.17) is 34.0 Å². The number of ether oxygens (including phenoxy) is 3. The van der Waals surface area contributed by atoms with Crippen molar-refractivity contribution in [3.63, 3.8) is 0 Å². The van der Waals surface area contributed by atoms with E-state index in [2.05, 4.69) is 9.88 Å². The number of hydrogen-bond donors (Lipinski definition) is 2. The zero-order valence-electron chi connectivity index (χ0n) is 18.7. The summed E-state index contributed by atoms with van der Waals surface area (Å²) in [6, 6.07) is 7.45. The fourth-order valence-electron chi connectivity index (χ4n) is 3.27. The van der Waals surface area contributed by atoms with Crippen molar-refractivity contribution < 1.29 is 38.8 Å². The lowest BCUT2D eigenvalue weighted by Crippen LogP contribution is -2.48. The molecule has 2 aromatic rings. The Labute approximate surface area is 191 Å². The summed E-state index contributed by atoms with van der Waals surface area (Å²) in [7, 11) is 4.83. The first-order valence-corrected chi connectivity index (χ1v) is 9.97. The van der Waals surface area contributed by atoms with Gasteiger partial charge in [-0.05, 0) is 29.8 Å². The second-order valence-electron chi connectivity index (χ2n) is 6.95. The molecule has 1 saturated heterocycles. The Kier molecular flexibility index (Phi) is 9.43. The average molecular weight is 461 g/mol. The van der Waals surface area contributed by atoms with E-state index in [0.29, 0.717) is 35.9 Å². The van der Waals surface area contributed by atoms with Gasteiger partial charge in [0.2, 0.25) is 5.75 Å². The van der Waals surface area contributed by atoms with Crippen molar-refractivity contribution in [2.75, 3.05) is 47.5 Å². The number of rotatable bonds is 6. The summed E-state index contributed by atoms with van der Waals surface area (Å²) >= 11 is 0. The third kappa shape index (κ3) is 7.07. The number of benzene rings is 1. The van der Waals surface area contributed by atoms with E-state index < -0.39 is 11.9 Å². The van der Waals surface area contributed by atoms with Crippen LogP contribution < -0.4 is 14.2 Å². The number of aliphatic carboxylic acids is 2. The Balaban J connectivity index is 0.000000569. The summed E-state index contributed by atoms with van der Waals surface area (Å²) in [5, 5.41) is 14.8. The number of carbonyl (C=O) groups is 3. The van der Waals surface area contributed by atoms with Crippen molar-refractivity contribution in [1.82, 2.24) is 14.8 Å². The molecule has 1 aromatic carbocycles. The first-order valence-electron chi connectivity index (χ1n) is 9.97. The van der Waals surface area contributed by atoms with Crippen LogP contribution in [0.15, 0.2) is 36.7 Å². The van der Waals surface area contributed by atoms with E-state index in [1.54, 1.807) is 45.9 Å². The predicted octanol–water partition coefficient (Wildman–Crippen LogP) is 1.22. The molecule has 2 heterocycles. The van der Waals surface area contributed by atoms with Gasteiger partial charge in [0.05, 0.1) is 21.3 Å². The summed E-state index contributed by atoms with van der Waals surface area (Å²) in [6.07, 6.45) is 3.29. The summed E-state index contributed by atoms with van der Waals surface area (Å²) in [4.78, 5) is 38.9. The van der Waals surface area contributed by atoms with E-state index in [0.717, 1.165) is 25.2 Å². The van der Waals surface area contributed by atoms with Gasteiger partial charge in [-0.25, -0.2) is 9.59 Å². The van der Waals surface area contributed by atoms with Crippen LogP contribution in [0.3, 0.4) is 0 Å². The topological polar surface area (TPSA) is 139 Å². The van der Waals surface area contributed by atoms with Gasteiger partial charge in [0, 0.05) is 50.7 Å².